The topological polar surface area (TPSA) is 96.4 Å². The predicted octanol–water partition coefficient (Wildman–Crippen LogP) is 3.29. The van der Waals surface area contributed by atoms with E-state index in [4.69, 9.17) is 11.6 Å². The van der Waals surface area contributed by atoms with Gasteiger partial charge in [0.1, 0.15) is 23.4 Å². The number of halogens is 3. The molecule has 34 heavy (non-hydrogen) atoms. The lowest BCUT2D eigenvalue weighted by molar-refractivity contribution is -0.126. The molecule has 4 atom stereocenters. The van der Waals surface area contributed by atoms with Crippen LogP contribution in [0, 0.1) is 23.5 Å². The van der Waals surface area contributed by atoms with Gasteiger partial charge in [-0.15, -0.1) is 0 Å². The van der Waals surface area contributed by atoms with Gasteiger partial charge in [-0.3, -0.25) is 14.6 Å². The Labute approximate surface area is 200 Å². The number of rotatable bonds is 6. The van der Waals surface area contributed by atoms with Crippen LogP contribution in [-0.2, 0) is 14.6 Å². The van der Waals surface area contributed by atoms with Crippen LogP contribution in [0.3, 0.4) is 0 Å². The summed E-state index contributed by atoms with van der Waals surface area (Å²) >= 11 is 5.68. The Hall–Kier alpha value is -2.59. The highest BCUT2D eigenvalue weighted by Gasteiger charge is 2.56. The van der Waals surface area contributed by atoms with Crippen LogP contribution < -0.4 is 5.32 Å². The van der Waals surface area contributed by atoms with E-state index in [0.717, 1.165) is 37.7 Å². The molecule has 2 aromatic rings. The number of aromatic nitrogens is 1. The number of carbonyl (C=O) groups excluding carboxylic acids is 2. The number of carbonyl (C=O) groups is 2. The third-order valence-corrected chi connectivity index (χ3v) is 8.19. The van der Waals surface area contributed by atoms with Crippen molar-refractivity contribution in [1.82, 2.24) is 15.2 Å². The molecule has 1 unspecified atom stereocenters. The Kier molecular flexibility index (Phi) is 5.63. The Morgan fingerprint density at radius 1 is 1.18 bits per heavy atom. The van der Waals surface area contributed by atoms with E-state index in [1.165, 1.54) is 23.2 Å². The highest BCUT2D eigenvalue weighted by atomic mass is 35.5. The molecular weight excluding hydrogens is 488 g/mol. The van der Waals surface area contributed by atoms with Gasteiger partial charge in [0, 0.05) is 24.1 Å². The quantitative estimate of drug-likeness (QED) is 0.603. The largest absolute Gasteiger partial charge is 0.347 e. The van der Waals surface area contributed by atoms with E-state index in [1.54, 1.807) is 0 Å². The van der Waals surface area contributed by atoms with Crippen LogP contribution in [0.15, 0.2) is 35.4 Å². The van der Waals surface area contributed by atoms with Crippen LogP contribution in [0.4, 0.5) is 8.78 Å². The summed E-state index contributed by atoms with van der Waals surface area (Å²) in [5.41, 5.74) is -0.0286. The summed E-state index contributed by atoms with van der Waals surface area (Å²) in [6, 6.07) is 2.75. The Morgan fingerprint density at radius 2 is 1.91 bits per heavy atom. The third-order valence-electron chi connectivity index (χ3n) is 6.79. The molecule has 5 rings (SSSR count). The maximum atomic E-state index is 14.6. The molecule has 1 aliphatic heterocycles. The van der Waals surface area contributed by atoms with Gasteiger partial charge in [0.2, 0.25) is 5.91 Å². The molecule has 1 N–H and O–H groups in total. The summed E-state index contributed by atoms with van der Waals surface area (Å²) < 4.78 is 52.4. The monoisotopic (exact) mass is 509 g/mol. The van der Waals surface area contributed by atoms with Crippen LogP contribution in [-0.4, -0.2) is 48.5 Å². The maximum absolute atomic E-state index is 14.6. The van der Waals surface area contributed by atoms with Crippen molar-refractivity contribution in [2.24, 2.45) is 11.8 Å². The summed E-state index contributed by atoms with van der Waals surface area (Å²) in [7, 11) is -3.54. The first-order valence-corrected chi connectivity index (χ1v) is 13.2. The van der Waals surface area contributed by atoms with E-state index < -0.39 is 45.4 Å². The third kappa shape index (κ3) is 4.29. The molecule has 1 saturated heterocycles. The molecule has 2 amide bonds. The zero-order valence-corrected chi connectivity index (χ0v) is 19.7. The summed E-state index contributed by atoms with van der Waals surface area (Å²) in [5.74, 6) is -2.32. The number of pyridine rings is 1. The van der Waals surface area contributed by atoms with Crippen molar-refractivity contribution in [3.8, 4) is 0 Å². The Bertz CT molecular complexity index is 1300. The number of hydrogen-bond donors (Lipinski definition) is 1. The lowest BCUT2D eigenvalue weighted by Gasteiger charge is -2.29. The van der Waals surface area contributed by atoms with Crippen LogP contribution in [0.25, 0.3) is 0 Å². The first-order chi connectivity index (χ1) is 16.0. The van der Waals surface area contributed by atoms with Crippen molar-refractivity contribution in [2.75, 3.05) is 6.26 Å². The van der Waals surface area contributed by atoms with Gasteiger partial charge in [0.25, 0.3) is 5.91 Å². The van der Waals surface area contributed by atoms with Crippen molar-refractivity contribution in [1.29, 1.82) is 0 Å². The number of sulfone groups is 1. The molecule has 2 aliphatic carbocycles. The van der Waals surface area contributed by atoms with Crippen molar-refractivity contribution in [2.45, 2.75) is 48.7 Å². The number of nitrogens with one attached hydrogen (secondary N) is 1. The highest BCUT2D eigenvalue weighted by Crippen LogP contribution is 2.49. The van der Waals surface area contributed by atoms with Gasteiger partial charge >= 0.3 is 0 Å². The summed E-state index contributed by atoms with van der Waals surface area (Å²) in [4.78, 5) is 32.0. The van der Waals surface area contributed by atoms with Crippen LogP contribution >= 0.6 is 11.6 Å². The second-order valence-electron chi connectivity index (χ2n) is 9.29. The van der Waals surface area contributed by atoms with E-state index in [0.29, 0.717) is 6.42 Å². The normalized spacial score (nSPS) is 24.5. The van der Waals surface area contributed by atoms with E-state index in [1.807, 2.05) is 0 Å². The van der Waals surface area contributed by atoms with Crippen molar-refractivity contribution < 1.29 is 26.8 Å². The van der Waals surface area contributed by atoms with Gasteiger partial charge in [-0.2, -0.15) is 0 Å². The van der Waals surface area contributed by atoms with E-state index in [9.17, 15) is 26.8 Å². The molecule has 1 aromatic carbocycles. The van der Waals surface area contributed by atoms with Crippen molar-refractivity contribution in [3.63, 3.8) is 0 Å². The second kappa shape index (κ2) is 8.27. The molecule has 2 saturated carbocycles. The van der Waals surface area contributed by atoms with Gasteiger partial charge in [-0.1, -0.05) is 11.6 Å². The minimum absolute atomic E-state index is 0.0290. The van der Waals surface area contributed by atoms with Gasteiger partial charge < -0.3 is 10.2 Å². The molecule has 0 bridgehead atoms. The van der Waals surface area contributed by atoms with E-state index in [2.05, 4.69) is 10.3 Å². The first kappa shape index (κ1) is 23.2. The SMILES string of the molecule is CS(=O)(=O)c1ccnc(C(=O)N2[C@@H](C(=O)NC(c3cc(F)c(Cl)cc3F)C3CC3)C[C@H]3C[C@H]32)c1. The molecular formula is C23H22ClF2N3O4S. The zero-order chi connectivity index (χ0) is 24.4. The minimum Gasteiger partial charge on any atom is -0.347 e. The van der Waals surface area contributed by atoms with E-state index >= 15 is 0 Å². The Morgan fingerprint density at radius 3 is 2.59 bits per heavy atom. The van der Waals surface area contributed by atoms with Crippen LogP contribution in [0.5, 0.6) is 0 Å². The molecule has 3 fully saturated rings. The molecule has 3 aliphatic rings. The number of fused-ring (bicyclic) bond motifs is 1. The molecule has 0 spiro atoms. The minimum atomic E-state index is -3.54. The average molecular weight is 510 g/mol. The lowest BCUT2D eigenvalue weighted by Crippen LogP contribution is -2.49. The smallest absolute Gasteiger partial charge is 0.273 e. The molecule has 180 valence electrons. The van der Waals surface area contributed by atoms with Gasteiger partial charge in [-0.25, -0.2) is 17.2 Å². The number of nitrogens with zero attached hydrogens (tertiary/aromatic N) is 2. The van der Waals surface area contributed by atoms with E-state index in [-0.39, 0.29) is 39.1 Å². The fourth-order valence-electron chi connectivity index (χ4n) is 4.78. The Balaban J connectivity index is 1.40. The first-order valence-electron chi connectivity index (χ1n) is 11.0. The number of piperidine rings is 1. The molecule has 11 heteroatoms. The molecule has 0 radical (unpaired) electrons. The number of likely N-dealkylation sites (tertiary alicyclic amines) is 1. The summed E-state index contributed by atoms with van der Waals surface area (Å²) in [6.45, 7) is 0. The molecule has 1 aromatic heterocycles. The van der Waals surface area contributed by atoms with Gasteiger partial charge in [-0.05, 0) is 61.8 Å². The number of benzene rings is 1. The number of amides is 2. The summed E-state index contributed by atoms with van der Waals surface area (Å²) in [5, 5.41) is 2.50. The second-order valence-corrected chi connectivity index (χ2v) is 11.7. The average Bonchev–Trinajstić information content (AvgIpc) is 3.72. The van der Waals surface area contributed by atoms with Crippen LogP contribution in [0.2, 0.25) is 5.02 Å². The van der Waals surface area contributed by atoms with Crippen LogP contribution in [0.1, 0.15) is 47.8 Å². The van der Waals surface area contributed by atoms with Crippen molar-refractivity contribution >= 4 is 33.3 Å². The fourth-order valence-corrected chi connectivity index (χ4v) is 5.56. The number of hydrogen-bond acceptors (Lipinski definition) is 5. The van der Waals surface area contributed by atoms with Gasteiger partial charge in [0.05, 0.1) is 16.0 Å². The van der Waals surface area contributed by atoms with Gasteiger partial charge in [0.15, 0.2) is 9.84 Å². The summed E-state index contributed by atoms with van der Waals surface area (Å²) in [6.07, 6.45) is 5.01. The predicted molar refractivity (Wildman–Crippen MR) is 119 cm³/mol. The highest BCUT2D eigenvalue weighted by molar-refractivity contribution is 7.90. The lowest BCUT2D eigenvalue weighted by atomic mass is 10.00. The molecule has 7 nitrogen and oxygen atoms in total. The standard InChI is InChI=1S/C23H22ClF2N3O4S/c1-34(32,33)13-4-5-27-18(8-13)23(31)29-19-6-12(19)7-20(29)22(30)28-21(11-2-3-11)14-9-17(26)15(24)10-16(14)25/h4-5,8-12,19-21H,2-3,6-7H2,1H3,(H,28,30)/t12-,19-,20-,21?/m1/s1. The fraction of sp³-hybridized carbons (Fsp3) is 0.435. The van der Waals surface area contributed by atoms with Crippen molar-refractivity contribution in [3.05, 3.63) is 58.4 Å². The zero-order valence-electron chi connectivity index (χ0n) is 18.2. The molecule has 2 heterocycles. The maximum Gasteiger partial charge on any atom is 0.273 e.